The summed E-state index contributed by atoms with van der Waals surface area (Å²) < 4.78 is 11.7. The number of aliphatic hydroxyl groups is 1. The van der Waals surface area contributed by atoms with Gasteiger partial charge in [0.15, 0.2) is 11.5 Å². The number of aliphatic hydroxyl groups excluding tert-OH is 1. The smallest absolute Gasteiger partial charge is 0.166 e. The van der Waals surface area contributed by atoms with Crippen LogP contribution in [-0.4, -0.2) is 24.4 Å². The molecule has 1 unspecified atom stereocenters. The van der Waals surface area contributed by atoms with Gasteiger partial charge in [-0.1, -0.05) is 41.9 Å². The lowest BCUT2D eigenvalue weighted by atomic mass is 10.1. The molecule has 0 saturated heterocycles. The molecular formula is C19H24ClNO3. The Bertz CT molecular complexity index is 646. The number of rotatable bonds is 9. The van der Waals surface area contributed by atoms with E-state index < -0.39 is 6.10 Å². The van der Waals surface area contributed by atoms with Crippen molar-refractivity contribution in [2.75, 3.05) is 13.2 Å². The predicted octanol–water partition coefficient (Wildman–Crippen LogP) is 3.79. The summed E-state index contributed by atoms with van der Waals surface area (Å²) in [4.78, 5) is 0. The lowest BCUT2D eigenvalue weighted by molar-refractivity contribution is 0.190. The Morgan fingerprint density at radius 2 is 1.83 bits per heavy atom. The molecule has 5 heteroatoms. The first-order valence-electron chi connectivity index (χ1n) is 8.11. The van der Waals surface area contributed by atoms with Crippen LogP contribution in [0.4, 0.5) is 0 Å². The number of hydrogen-bond acceptors (Lipinski definition) is 4. The molecule has 0 bridgehead atoms. The van der Waals surface area contributed by atoms with Crippen molar-refractivity contribution in [3.8, 4) is 11.5 Å². The van der Waals surface area contributed by atoms with Gasteiger partial charge in [0.1, 0.15) is 6.61 Å². The van der Waals surface area contributed by atoms with Crippen molar-refractivity contribution in [2.45, 2.75) is 33.1 Å². The van der Waals surface area contributed by atoms with Crippen LogP contribution in [0.3, 0.4) is 0 Å². The second kappa shape index (κ2) is 9.52. The van der Waals surface area contributed by atoms with Gasteiger partial charge in [0.25, 0.3) is 0 Å². The van der Waals surface area contributed by atoms with E-state index in [2.05, 4.69) is 5.32 Å². The summed E-state index contributed by atoms with van der Waals surface area (Å²) in [6.07, 6.45) is -0.396. The highest BCUT2D eigenvalue weighted by Crippen LogP contribution is 2.32. The number of hydrogen-bond donors (Lipinski definition) is 2. The maximum atomic E-state index is 9.39. The summed E-state index contributed by atoms with van der Waals surface area (Å²) in [6.45, 7) is 5.72. The summed E-state index contributed by atoms with van der Waals surface area (Å²) in [5, 5.41) is 13.3. The minimum atomic E-state index is -0.396. The quantitative estimate of drug-likeness (QED) is 0.723. The largest absolute Gasteiger partial charge is 0.490 e. The van der Waals surface area contributed by atoms with Gasteiger partial charge in [-0.25, -0.2) is 0 Å². The van der Waals surface area contributed by atoms with E-state index in [-0.39, 0.29) is 0 Å². The zero-order valence-corrected chi connectivity index (χ0v) is 14.8. The van der Waals surface area contributed by atoms with E-state index in [4.69, 9.17) is 21.1 Å². The van der Waals surface area contributed by atoms with E-state index >= 15 is 0 Å². The molecule has 0 aliphatic rings. The number of benzene rings is 2. The highest BCUT2D eigenvalue weighted by molar-refractivity contribution is 6.31. The molecule has 2 aromatic rings. The fourth-order valence-corrected chi connectivity index (χ4v) is 2.50. The van der Waals surface area contributed by atoms with Gasteiger partial charge in [0.2, 0.25) is 0 Å². The Kier molecular flexibility index (Phi) is 7.37. The Labute approximate surface area is 148 Å². The van der Waals surface area contributed by atoms with Crippen LogP contribution in [0.15, 0.2) is 42.5 Å². The SMILES string of the molecule is CCOc1cccc(CNCC(C)O)c1OCc1ccccc1Cl. The molecule has 0 aromatic heterocycles. The van der Waals surface area contributed by atoms with Crippen molar-refractivity contribution in [1.29, 1.82) is 0 Å². The predicted molar refractivity (Wildman–Crippen MR) is 96.8 cm³/mol. The van der Waals surface area contributed by atoms with Crippen LogP contribution in [0.5, 0.6) is 11.5 Å². The zero-order valence-electron chi connectivity index (χ0n) is 14.1. The third kappa shape index (κ3) is 5.41. The summed E-state index contributed by atoms with van der Waals surface area (Å²) in [6, 6.07) is 13.4. The topological polar surface area (TPSA) is 50.7 Å². The number of para-hydroxylation sites is 1. The van der Waals surface area contributed by atoms with Crippen LogP contribution in [0.2, 0.25) is 5.02 Å². The Morgan fingerprint density at radius 3 is 2.54 bits per heavy atom. The summed E-state index contributed by atoms with van der Waals surface area (Å²) in [7, 11) is 0. The Balaban J connectivity index is 2.16. The molecule has 2 aromatic carbocycles. The molecule has 0 spiro atoms. The third-order valence-corrected chi connectivity index (χ3v) is 3.81. The highest BCUT2D eigenvalue weighted by Gasteiger charge is 2.12. The van der Waals surface area contributed by atoms with E-state index in [9.17, 15) is 5.11 Å². The van der Waals surface area contributed by atoms with Gasteiger partial charge in [-0.15, -0.1) is 0 Å². The minimum absolute atomic E-state index is 0.368. The molecule has 0 aliphatic heterocycles. The zero-order chi connectivity index (χ0) is 17.4. The van der Waals surface area contributed by atoms with Gasteiger partial charge >= 0.3 is 0 Å². The van der Waals surface area contributed by atoms with E-state index in [1.165, 1.54) is 0 Å². The van der Waals surface area contributed by atoms with E-state index in [0.29, 0.717) is 42.8 Å². The summed E-state index contributed by atoms with van der Waals surface area (Å²) >= 11 is 6.20. The van der Waals surface area contributed by atoms with Gasteiger partial charge in [0.05, 0.1) is 12.7 Å². The number of nitrogens with one attached hydrogen (secondary N) is 1. The van der Waals surface area contributed by atoms with E-state index in [1.807, 2.05) is 49.4 Å². The first-order chi connectivity index (χ1) is 11.6. The average molecular weight is 350 g/mol. The van der Waals surface area contributed by atoms with Gasteiger partial charge in [-0.05, 0) is 26.0 Å². The molecule has 0 amide bonds. The van der Waals surface area contributed by atoms with Crippen LogP contribution in [0.1, 0.15) is 25.0 Å². The van der Waals surface area contributed by atoms with Crippen molar-refractivity contribution < 1.29 is 14.6 Å². The van der Waals surface area contributed by atoms with Crippen LogP contribution in [0, 0.1) is 0 Å². The van der Waals surface area contributed by atoms with Crippen molar-refractivity contribution >= 4 is 11.6 Å². The molecule has 24 heavy (non-hydrogen) atoms. The van der Waals surface area contributed by atoms with Crippen molar-refractivity contribution in [3.05, 3.63) is 58.6 Å². The first kappa shape index (κ1) is 18.6. The summed E-state index contributed by atoms with van der Waals surface area (Å²) in [5.41, 5.74) is 1.90. The maximum absolute atomic E-state index is 9.39. The minimum Gasteiger partial charge on any atom is -0.490 e. The lowest BCUT2D eigenvalue weighted by Gasteiger charge is -2.17. The van der Waals surface area contributed by atoms with E-state index in [1.54, 1.807) is 6.92 Å². The second-order valence-corrected chi connectivity index (χ2v) is 5.94. The fraction of sp³-hybridized carbons (Fsp3) is 0.368. The Hall–Kier alpha value is -1.75. The first-order valence-corrected chi connectivity index (χ1v) is 8.49. The van der Waals surface area contributed by atoms with Gasteiger partial charge in [-0.3, -0.25) is 0 Å². The molecule has 0 fully saturated rings. The maximum Gasteiger partial charge on any atom is 0.166 e. The molecule has 4 nitrogen and oxygen atoms in total. The van der Waals surface area contributed by atoms with Crippen molar-refractivity contribution in [3.63, 3.8) is 0 Å². The molecule has 0 heterocycles. The van der Waals surface area contributed by atoms with Crippen LogP contribution >= 0.6 is 11.6 Å². The second-order valence-electron chi connectivity index (χ2n) is 5.54. The Morgan fingerprint density at radius 1 is 1.08 bits per heavy atom. The van der Waals surface area contributed by atoms with E-state index in [0.717, 1.165) is 11.1 Å². The molecule has 1 atom stereocenters. The molecule has 130 valence electrons. The van der Waals surface area contributed by atoms with Gasteiger partial charge < -0.3 is 19.9 Å². The van der Waals surface area contributed by atoms with Gasteiger partial charge in [0, 0.05) is 29.2 Å². The van der Waals surface area contributed by atoms with Crippen LogP contribution < -0.4 is 14.8 Å². The molecule has 0 radical (unpaired) electrons. The van der Waals surface area contributed by atoms with Crippen LogP contribution in [0.25, 0.3) is 0 Å². The monoisotopic (exact) mass is 349 g/mol. The van der Waals surface area contributed by atoms with Crippen LogP contribution in [-0.2, 0) is 13.2 Å². The third-order valence-electron chi connectivity index (χ3n) is 3.45. The van der Waals surface area contributed by atoms with Crippen molar-refractivity contribution in [2.24, 2.45) is 0 Å². The normalized spacial score (nSPS) is 12.0. The average Bonchev–Trinajstić information content (AvgIpc) is 2.55. The van der Waals surface area contributed by atoms with Gasteiger partial charge in [-0.2, -0.15) is 0 Å². The standard InChI is InChI=1S/C19H24ClNO3/c1-3-23-18-10-6-8-15(12-21-11-14(2)22)19(18)24-13-16-7-4-5-9-17(16)20/h4-10,14,21-22H,3,11-13H2,1-2H3. The number of ether oxygens (including phenoxy) is 2. The molecule has 2 N–H and O–H groups in total. The van der Waals surface area contributed by atoms with Crippen molar-refractivity contribution in [1.82, 2.24) is 5.32 Å². The fourth-order valence-electron chi connectivity index (χ4n) is 2.31. The highest BCUT2D eigenvalue weighted by atomic mass is 35.5. The lowest BCUT2D eigenvalue weighted by Crippen LogP contribution is -2.24. The molecule has 2 rings (SSSR count). The molecule has 0 saturated carbocycles. The molecule has 0 aliphatic carbocycles. The molecular weight excluding hydrogens is 326 g/mol. The number of halogens is 1. The summed E-state index contributed by atoms with van der Waals surface area (Å²) in [5.74, 6) is 1.42.